The first-order chi connectivity index (χ1) is 11.6. The summed E-state index contributed by atoms with van der Waals surface area (Å²) in [7, 11) is 0. The average molecular weight is 321 g/mol. The number of aryl methyl sites for hydroxylation is 2. The lowest BCUT2D eigenvalue weighted by Crippen LogP contribution is -2.04. The lowest BCUT2D eigenvalue weighted by atomic mass is 9.95. The van der Waals surface area contributed by atoms with Crippen LogP contribution in [0.1, 0.15) is 60.3 Å². The predicted molar refractivity (Wildman–Crippen MR) is 100 cm³/mol. The predicted octanol–water partition coefficient (Wildman–Crippen LogP) is 5.58. The summed E-state index contributed by atoms with van der Waals surface area (Å²) in [6.45, 7) is 9.13. The molecule has 0 saturated heterocycles. The molecular formula is C22H27NO. The fourth-order valence-corrected chi connectivity index (χ4v) is 3.56. The van der Waals surface area contributed by atoms with Crippen molar-refractivity contribution in [1.29, 1.82) is 0 Å². The van der Waals surface area contributed by atoms with Crippen LogP contribution in [0, 0.1) is 13.8 Å². The summed E-state index contributed by atoms with van der Waals surface area (Å²) >= 11 is 0. The molecule has 0 amide bonds. The van der Waals surface area contributed by atoms with E-state index in [0.29, 0.717) is 6.61 Å². The molecule has 0 spiro atoms. The highest BCUT2D eigenvalue weighted by Gasteiger charge is 2.19. The largest absolute Gasteiger partial charge is 0.489 e. The van der Waals surface area contributed by atoms with Crippen LogP contribution in [0.3, 0.4) is 0 Å². The van der Waals surface area contributed by atoms with E-state index in [1.807, 2.05) is 6.92 Å². The van der Waals surface area contributed by atoms with E-state index in [2.05, 4.69) is 56.1 Å². The summed E-state index contributed by atoms with van der Waals surface area (Å²) in [5.74, 6) is 1.04. The summed E-state index contributed by atoms with van der Waals surface area (Å²) in [6, 6.07) is 8.59. The van der Waals surface area contributed by atoms with Crippen LogP contribution in [0.2, 0.25) is 0 Å². The van der Waals surface area contributed by atoms with Crippen molar-refractivity contribution in [2.45, 2.75) is 60.0 Å². The van der Waals surface area contributed by atoms with Gasteiger partial charge in [0.2, 0.25) is 0 Å². The fraction of sp³-hybridized carbons (Fsp3) is 0.409. The van der Waals surface area contributed by atoms with Gasteiger partial charge in [0.15, 0.2) is 0 Å². The Morgan fingerprint density at radius 1 is 1.08 bits per heavy atom. The maximum absolute atomic E-state index is 6.23. The Labute approximate surface area is 145 Å². The first kappa shape index (κ1) is 16.8. The van der Waals surface area contributed by atoms with Crippen LogP contribution in [0.5, 0.6) is 5.75 Å². The topological polar surface area (TPSA) is 22.1 Å². The molecule has 1 aliphatic rings. The van der Waals surface area contributed by atoms with Gasteiger partial charge in [-0.1, -0.05) is 38.5 Å². The molecule has 1 aromatic heterocycles. The highest BCUT2D eigenvalue weighted by atomic mass is 16.5. The number of ether oxygens (including phenoxy) is 1. The molecule has 0 atom stereocenters. The number of rotatable bonds is 6. The number of nitrogens with zero attached hydrogens (tertiary/aromatic N) is 1. The Morgan fingerprint density at radius 2 is 1.92 bits per heavy atom. The van der Waals surface area contributed by atoms with Crippen LogP contribution in [-0.4, -0.2) is 4.98 Å². The summed E-state index contributed by atoms with van der Waals surface area (Å²) in [6.07, 6.45) is 6.75. The second-order valence-corrected chi connectivity index (χ2v) is 6.59. The number of hydrogen-bond donors (Lipinski definition) is 0. The molecule has 2 heteroatoms. The summed E-state index contributed by atoms with van der Waals surface area (Å²) in [5, 5.41) is 0. The lowest BCUT2D eigenvalue weighted by Gasteiger charge is -2.17. The zero-order valence-electron chi connectivity index (χ0n) is 15.3. The molecule has 0 fully saturated rings. The molecule has 1 aliphatic carbocycles. The van der Waals surface area contributed by atoms with Crippen LogP contribution >= 0.6 is 0 Å². The van der Waals surface area contributed by atoms with Gasteiger partial charge in [-0.05, 0) is 67.5 Å². The maximum Gasteiger partial charge on any atom is 0.123 e. The molecule has 3 rings (SSSR count). The van der Waals surface area contributed by atoms with Gasteiger partial charge in [0.1, 0.15) is 12.4 Å². The van der Waals surface area contributed by atoms with Crippen LogP contribution in [0.4, 0.5) is 0 Å². The molecule has 1 aromatic carbocycles. The minimum atomic E-state index is 0.586. The summed E-state index contributed by atoms with van der Waals surface area (Å²) in [5.41, 5.74) is 9.06. The lowest BCUT2D eigenvalue weighted by molar-refractivity contribution is 0.301. The van der Waals surface area contributed by atoms with Crippen LogP contribution in [0.15, 0.2) is 30.3 Å². The Kier molecular flexibility index (Phi) is 5.03. The van der Waals surface area contributed by atoms with Crippen molar-refractivity contribution in [3.8, 4) is 5.75 Å². The van der Waals surface area contributed by atoms with Gasteiger partial charge < -0.3 is 4.74 Å². The van der Waals surface area contributed by atoms with Gasteiger partial charge >= 0.3 is 0 Å². The third-order valence-corrected chi connectivity index (χ3v) is 4.89. The van der Waals surface area contributed by atoms with E-state index in [1.165, 1.54) is 22.3 Å². The second-order valence-electron chi connectivity index (χ2n) is 6.59. The van der Waals surface area contributed by atoms with Crippen molar-refractivity contribution in [1.82, 2.24) is 4.98 Å². The Bertz CT molecular complexity index is 774. The molecule has 0 unspecified atom stereocenters. The summed E-state index contributed by atoms with van der Waals surface area (Å²) < 4.78 is 6.23. The number of benzene rings is 1. The molecule has 0 saturated carbocycles. The van der Waals surface area contributed by atoms with Crippen molar-refractivity contribution < 1.29 is 4.74 Å². The van der Waals surface area contributed by atoms with E-state index in [0.717, 1.165) is 48.4 Å². The third-order valence-electron chi connectivity index (χ3n) is 4.89. The van der Waals surface area contributed by atoms with E-state index in [9.17, 15) is 0 Å². The van der Waals surface area contributed by atoms with E-state index in [4.69, 9.17) is 4.74 Å². The highest BCUT2D eigenvalue weighted by Crippen LogP contribution is 2.37. The first-order valence-corrected chi connectivity index (χ1v) is 9.04. The van der Waals surface area contributed by atoms with Crippen molar-refractivity contribution in [2.75, 3.05) is 0 Å². The van der Waals surface area contributed by atoms with Gasteiger partial charge in [0.05, 0.1) is 0 Å². The average Bonchev–Trinajstić information content (AvgIpc) is 2.99. The minimum Gasteiger partial charge on any atom is -0.489 e. The highest BCUT2D eigenvalue weighted by molar-refractivity contribution is 5.75. The molecule has 0 bridgehead atoms. The van der Waals surface area contributed by atoms with Crippen molar-refractivity contribution in [3.05, 3.63) is 64.0 Å². The molecule has 0 N–H and O–H groups in total. The van der Waals surface area contributed by atoms with Crippen molar-refractivity contribution in [3.63, 3.8) is 0 Å². The number of aromatic nitrogens is 1. The van der Waals surface area contributed by atoms with E-state index in [-0.39, 0.29) is 0 Å². The van der Waals surface area contributed by atoms with Gasteiger partial charge in [0, 0.05) is 17.0 Å². The second kappa shape index (κ2) is 7.21. The van der Waals surface area contributed by atoms with Crippen molar-refractivity contribution in [2.24, 2.45) is 0 Å². The van der Waals surface area contributed by atoms with Gasteiger partial charge in [-0.25, -0.2) is 0 Å². The van der Waals surface area contributed by atoms with Gasteiger partial charge in [0.25, 0.3) is 0 Å². The molecule has 0 aliphatic heterocycles. The number of fused-ring (bicyclic) bond motifs is 1. The van der Waals surface area contributed by atoms with Crippen molar-refractivity contribution >= 4 is 5.57 Å². The zero-order valence-corrected chi connectivity index (χ0v) is 15.3. The van der Waals surface area contributed by atoms with Crippen LogP contribution in [0.25, 0.3) is 5.57 Å². The molecule has 1 heterocycles. The Hall–Kier alpha value is -2.09. The maximum atomic E-state index is 6.23. The third kappa shape index (κ3) is 3.24. The zero-order chi connectivity index (χ0) is 17.1. The molecule has 2 aromatic rings. The Morgan fingerprint density at radius 3 is 2.62 bits per heavy atom. The molecular weight excluding hydrogens is 294 g/mol. The van der Waals surface area contributed by atoms with E-state index in [1.54, 1.807) is 0 Å². The fourth-order valence-electron chi connectivity index (χ4n) is 3.56. The number of allylic oxidation sites excluding steroid dienone is 2. The standard InChI is InChI=1S/C22H27NO/c1-5-7-21-20-11-10-17(6-2)19(20)12-13-22(21)24-14-18-9-8-15(3)23-16(18)4/h8-10,12-13H,5-7,11,14H2,1-4H3. The smallest absolute Gasteiger partial charge is 0.123 e. The summed E-state index contributed by atoms with van der Waals surface area (Å²) in [4.78, 5) is 4.54. The van der Waals surface area contributed by atoms with Gasteiger partial charge in [-0.3, -0.25) is 4.98 Å². The minimum absolute atomic E-state index is 0.586. The van der Waals surface area contributed by atoms with E-state index >= 15 is 0 Å². The first-order valence-electron chi connectivity index (χ1n) is 9.04. The number of hydrogen-bond acceptors (Lipinski definition) is 2. The molecule has 2 nitrogen and oxygen atoms in total. The molecule has 24 heavy (non-hydrogen) atoms. The monoisotopic (exact) mass is 321 g/mol. The Balaban J connectivity index is 1.86. The van der Waals surface area contributed by atoms with E-state index < -0.39 is 0 Å². The van der Waals surface area contributed by atoms with Crippen LogP contribution in [-0.2, 0) is 19.4 Å². The van der Waals surface area contributed by atoms with Crippen LogP contribution < -0.4 is 4.74 Å². The van der Waals surface area contributed by atoms with Gasteiger partial charge in [-0.2, -0.15) is 0 Å². The quantitative estimate of drug-likeness (QED) is 0.693. The SMILES string of the molecule is CCCc1c(OCc2ccc(C)nc2C)ccc2c1CC=C2CC. The normalized spacial score (nSPS) is 12.9. The number of pyridine rings is 1. The van der Waals surface area contributed by atoms with Gasteiger partial charge in [-0.15, -0.1) is 0 Å². The molecule has 126 valence electrons. The molecule has 0 radical (unpaired) electrons.